The highest BCUT2D eigenvalue weighted by atomic mass is 35.5. The lowest BCUT2D eigenvalue weighted by molar-refractivity contribution is 0.103. The summed E-state index contributed by atoms with van der Waals surface area (Å²) < 4.78 is 28.1. The zero-order valence-electron chi connectivity index (χ0n) is 16.1. The number of carbonyl (C=O) groups is 1. The number of nitrogens with zero attached hydrogens (tertiary/aromatic N) is 1. The highest BCUT2D eigenvalue weighted by Gasteiger charge is 2.29. The summed E-state index contributed by atoms with van der Waals surface area (Å²) in [6, 6.07) is 18.1. The van der Waals surface area contributed by atoms with E-state index in [2.05, 4.69) is 4.72 Å². The molecule has 2 aromatic carbocycles. The van der Waals surface area contributed by atoms with Crippen LogP contribution >= 0.6 is 11.6 Å². The molecule has 156 valence electrons. The van der Waals surface area contributed by atoms with Crippen LogP contribution in [0.3, 0.4) is 0 Å². The van der Waals surface area contributed by atoms with E-state index in [1.165, 1.54) is 0 Å². The second-order valence-electron chi connectivity index (χ2n) is 7.21. The molecule has 1 aromatic heterocycles. The lowest BCUT2D eigenvalue weighted by Crippen LogP contribution is -2.18. The van der Waals surface area contributed by atoms with Crippen molar-refractivity contribution in [1.29, 1.82) is 0 Å². The molecule has 4 rings (SSSR count). The van der Waals surface area contributed by atoms with Crippen LogP contribution < -0.4 is 4.72 Å². The van der Waals surface area contributed by atoms with Crippen molar-refractivity contribution in [1.82, 2.24) is 4.57 Å². The third kappa shape index (κ3) is 4.01. The fraction of sp³-hybridized carbons (Fsp3) is 0.227. The molecule has 6 nitrogen and oxygen atoms in total. The molecule has 0 radical (unpaired) electrons. The van der Waals surface area contributed by atoms with Crippen molar-refractivity contribution in [2.75, 3.05) is 17.1 Å². The van der Waals surface area contributed by atoms with Crippen molar-refractivity contribution in [2.24, 2.45) is 0 Å². The third-order valence-electron chi connectivity index (χ3n) is 5.29. The summed E-state index contributed by atoms with van der Waals surface area (Å²) in [7, 11) is -3.61. The van der Waals surface area contributed by atoms with Gasteiger partial charge >= 0.3 is 0 Å². The van der Waals surface area contributed by atoms with E-state index in [1.54, 1.807) is 12.1 Å². The predicted molar refractivity (Wildman–Crippen MR) is 117 cm³/mol. The maximum atomic E-state index is 12.9. The lowest BCUT2D eigenvalue weighted by Gasteiger charge is -2.14. The fourth-order valence-electron chi connectivity index (χ4n) is 3.92. The van der Waals surface area contributed by atoms with E-state index in [9.17, 15) is 13.2 Å². The van der Waals surface area contributed by atoms with E-state index in [1.807, 2.05) is 53.1 Å². The predicted octanol–water partition coefficient (Wildman–Crippen LogP) is 3.64. The van der Waals surface area contributed by atoms with Gasteiger partial charge in [-0.1, -0.05) is 48.0 Å². The van der Waals surface area contributed by atoms with E-state index in [4.69, 9.17) is 16.7 Å². The van der Waals surface area contributed by atoms with Crippen LogP contribution in [0.4, 0.5) is 5.69 Å². The van der Waals surface area contributed by atoms with E-state index in [-0.39, 0.29) is 17.5 Å². The zero-order chi connectivity index (χ0) is 21.3. The van der Waals surface area contributed by atoms with Crippen LogP contribution in [0.2, 0.25) is 5.02 Å². The highest BCUT2D eigenvalue weighted by molar-refractivity contribution is 7.92. The summed E-state index contributed by atoms with van der Waals surface area (Å²) in [5.41, 5.74) is 3.57. The largest absolute Gasteiger partial charge is 0.395 e. The normalized spacial score (nSPS) is 15.7. The van der Waals surface area contributed by atoms with Crippen molar-refractivity contribution < 1.29 is 18.3 Å². The molecular weight excluding hydrogens is 424 g/mol. The number of hydrogen-bond acceptors (Lipinski definition) is 4. The topological polar surface area (TPSA) is 88.4 Å². The van der Waals surface area contributed by atoms with E-state index in [0.717, 1.165) is 17.7 Å². The van der Waals surface area contributed by atoms with Crippen LogP contribution in [0, 0.1) is 0 Å². The number of halogens is 1. The summed E-state index contributed by atoms with van der Waals surface area (Å²) in [6.07, 6.45) is 0.806. The smallest absolute Gasteiger partial charge is 0.234 e. The molecule has 1 aliphatic heterocycles. The zero-order valence-corrected chi connectivity index (χ0v) is 17.7. The quantitative estimate of drug-likeness (QED) is 0.544. The molecule has 0 aliphatic carbocycles. The van der Waals surface area contributed by atoms with Crippen molar-refractivity contribution >= 4 is 33.1 Å². The van der Waals surface area contributed by atoms with Gasteiger partial charge in [-0.2, -0.15) is 0 Å². The van der Waals surface area contributed by atoms with E-state index < -0.39 is 16.6 Å². The van der Waals surface area contributed by atoms with Gasteiger partial charge in [0, 0.05) is 34.4 Å². The Morgan fingerprint density at radius 1 is 1.13 bits per heavy atom. The second-order valence-corrected chi connectivity index (χ2v) is 9.46. The van der Waals surface area contributed by atoms with Crippen LogP contribution in [0.5, 0.6) is 0 Å². The molecule has 8 heteroatoms. The molecule has 2 heterocycles. The van der Waals surface area contributed by atoms with Gasteiger partial charge in [0.2, 0.25) is 15.8 Å². The van der Waals surface area contributed by atoms with Gasteiger partial charge in [-0.25, -0.2) is 8.42 Å². The molecule has 1 atom stereocenters. The van der Waals surface area contributed by atoms with E-state index >= 15 is 0 Å². The molecule has 0 fully saturated rings. The van der Waals surface area contributed by atoms with Gasteiger partial charge in [0.15, 0.2) is 0 Å². The number of aromatic nitrogens is 1. The van der Waals surface area contributed by atoms with Gasteiger partial charge in [-0.15, -0.1) is 0 Å². The molecule has 1 aliphatic rings. The standard InChI is InChI=1S/C22H21ClN2O4S/c23-19-14-16(24-30(28,29)13-12-26)6-7-17(19)18-10-11-25-20(18)8-9-21(25)22(27)15-4-2-1-3-5-15/h1-9,14,18,24,26H,10-13H2. The second kappa shape index (κ2) is 8.26. The van der Waals surface area contributed by atoms with Crippen molar-refractivity contribution in [3.63, 3.8) is 0 Å². The molecule has 3 aromatic rings. The number of aliphatic hydroxyl groups is 1. The number of benzene rings is 2. The Kier molecular flexibility index (Phi) is 5.69. The number of ketones is 1. The molecule has 0 bridgehead atoms. The number of fused-ring (bicyclic) bond motifs is 1. The van der Waals surface area contributed by atoms with Gasteiger partial charge in [0.05, 0.1) is 18.1 Å². The summed E-state index contributed by atoms with van der Waals surface area (Å²) in [5, 5.41) is 9.31. The van der Waals surface area contributed by atoms with Gasteiger partial charge in [-0.05, 0) is 36.2 Å². The maximum absolute atomic E-state index is 12.9. The summed E-state index contributed by atoms with van der Waals surface area (Å²) in [5.74, 6) is -0.360. The van der Waals surface area contributed by atoms with Gasteiger partial charge < -0.3 is 9.67 Å². The summed E-state index contributed by atoms with van der Waals surface area (Å²) in [6.45, 7) is 0.256. The third-order valence-corrected chi connectivity index (χ3v) is 6.88. The van der Waals surface area contributed by atoms with E-state index in [0.29, 0.717) is 28.5 Å². The number of rotatable bonds is 7. The number of carbonyl (C=O) groups excluding carboxylic acids is 1. The minimum Gasteiger partial charge on any atom is -0.395 e. The first-order valence-electron chi connectivity index (χ1n) is 9.59. The number of sulfonamides is 1. The van der Waals surface area contributed by atoms with Gasteiger partial charge in [-0.3, -0.25) is 9.52 Å². The fourth-order valence-corrected chi connectivity index (χ4v) is 5.06. The van der Waals surface area contributed by atoms with Crippen LogP contribution in [0.1, 0.15) is 39.6 Å². The summed E-state index contributed by atoms with van der Waals surface area (Å²) >= 11 is 6.49. The first-order chi connectivity index (χ1) is 14.4. The maximum Gasteiger partial charge on any atom is 0.234 e. The Morgan fingerprint density at radius 2 is 1.90 bits per heavy atom. The van der Waals surface area contributed by atoms with Gasteiger partial charge in [0.1, 0.15) is 0 Å². The minimum absolute atomic E-state index is 0.0118. The monoisotopic (exact) mass is 444 g/mol. The van der Waals surface area contributed by atoms with Crippen LogP contribution in [0.25, 0.3) is 0 Å². The Labute approximate surface area is 180 Å². The van der Waals surface area contributed by atoms with Crippen LogP contribution in [-0.4, -0.2) is 36.2 Å². The van der Waals surface area contributed by atoms with Crippen LogP contribution in [-0.2, 0) is 16.6 Å². The number of anilines is 1. The van der Waals surface area contributed by atoms with Gasteiger partial charge in [0.25, 0.3) is 0 Å². The van der Waals surface area contributed by atoms with Crippen molar-refractivity contribution in [2.45, 2.75) is 18.9 Å². The summed E-state index contributed by atoms with van der Waals surface area (Å²) in [4.78, 5) is 12.9. The minimum atomic E-state index is -3.61. The SMILES string of the molecule is O=C(c1ccccc1)c1ccc2n1CCC2c1ccc(NS(=O)(=O)CCO)cc1Cl. The first kappa shape index (κ1) is 20.7. The molecule has 0 spiro atoms. The number of hydrogen-bond donors (Lipinski definition) is 2. The molecule has 0 saturated heterocycles. The first-order valence-corrected chi connectivity index (χ1v) is 11.6. The molecule has 0 saturated carbocycles. The average molecular weight is 445 g/mol. The highest BCUT2D eigenvalue weighted by Crippen LogP contribution is 2.40. The number of nitrogens with one attached hydrogen (secondary N) is 1. The number of aliphatic hydroxyl groups excluding tert-OH is 1. The molecule has 30 heavy (non-hydrogen) atoms. The Bertz CT molecular complexity index is 1190. The Morgan fingerprint density at radius 3 is 2.60 bits per heavy atom. The average Bonchev–Trinajstić information content (AvgIpc) is 3.30. The Balaban J connectivity index is 1.60. The Hall–Kier alpha value is -2.61. The molecule has 1 unspecified atom stereocenters. The van der Waals surface area contributed by atoms with Crippen molar-refractivity contribution in [3.05, 3.63) is 88.2 Å². The molecular formula is C22H21ClN2O4S. The van der Waals surface area contributed by atoms with Crippen LogP contribution in [0.15, 0.2) is 60.7 Å². The molecule has 2 N–H and O–H groups in total. The molecule has 0 amide bonds. The lowest BCUT2D eigenvalue weighted by atomic mass is 9.94. The van der Waals surface area contributed by atoms with Crippen molar-refractivity contribution in [3.8, 4) is 0 Å².